The van der Waals surface area contributed by atoms with Crippen molar-refractivity contribution in [2.24, 2.45) is 0 Å². The summed E-state index contributed by atoms with van der Waals surface area (Å²) in [6, 6.07) is 6.81. The molecule has 0 aliphatic carbocycles. The second kappa shape index (κ2) is 5.85. The SMILES string of the molecule is CC(C)NCc1nnc(-c2cccc([N+](=O)[O-])c2)s1. The first-order chi connectivity index (χ1) is 9.06. The van der Waals surface area contributed by atoms with Gasteiger partial charge < -0.3 is 5.32 Å². The summed E-state index contributed by atoms with van der Waals surface area (Å²) in [5.41, 5.74) is 0.789. The van der Waals surface area contributed by atoms with Crippen molar-refractivity contribution in [3.63, 3.8) is 0 Å². The molecule has 0 bridgehead atoms. The Kier molecular flexibility index (Phi) is 4.18. The molecule has 6 nitrogen and oxygen atoms in total. The minimum absolute atomic E-state index is 0.0644. The normalized spacial score (nSPS) is 10.9. The van der Waals surface area contributed by atoms with Gasteiger partial charge in [0.15, 0.2) is 0 Å². The van der Waals surface area contributed by atoms with E-state index < -0.39 is 4.92 Å². The highest BCUT2D eigenvalue weighted by atomic mass is 32.1. The molecule has 19 heavy (non-hydrogen) atoms. The number of nitrogens with zero attached hydrogens (tertiary/aromatic N) is 3. The molecule has 0 aliphatic heterocycles. The molecular formula is C12H14N4O2S. The van der Waals surface area contributed by atoms with E-state index in [4.69, 9.17) is 0 Å². The average Bonchev–Trinajstić information content (AvgIpc) is 2.85. The Balaban J connectivity index is 2.18. The van der Waals surface area contributed by atoms with E-state index in [-0.39, 0.29) is 5.69 Å². The molecule has 1 aromatic carbocycles. The molecule has 1 N–H and O–H groups in total. The predicted molar refractivity (Wildman–Crippen MR) is 74.0 cm³/mol. The van der Waals surface area contributed by atoms with Crippen LogP contribution in [-0.2, 0) is 6.54 Å². The molecule has 0 saturated carbocycles. The van der Waals surface area contributed by atoms with E-state index in [9.17, 15) is 10.1 Å². The second-order valence-corrected chi connectivity index (χ2v) is 5.41. The molecule has 1 aromatic heterocycles. The molecule has 0 spiro atoms. The standard InChI is InChI=1S/C12H14N4O2S/c1-8(2)13-7-11-14-15-12(19-11)9-4-3-5-10(6-9)16(17)18/h3-6,8,13H,7H2,1-2H3. The van der Waals surface area contributed by atoms with Gasteiger partial charge in [-0.25, -0.2) is 0 Å². The molecular weight excluding hydrogens is 264 g/mol. The van der Waals surface area contributed by atoms with Crippen molar-refractivity contribution < 1.29 is 4.92 Å². The van der Waals surface area contributed by atoms with Crippen LogP contribution < -0.4 is 5.32 Å². The van der Waals surface area contributed by atoms with Gasteiger partial charge in [0.1, 0.15) is 10.0 Å². The van der Waals surface area contributed by atoms with Gasteiger partial charge in [-0.15, -0.1) is 10.2 Å². The summed E-state index contributed by atoms with van der Waals surface area (Å²) < 4.78 is 0. The minimum atomic E-state index is -0.411. The lowest BCUT2D eigenvalue weighted by Crippen LogP contribution is -2.21. The molecule has 0 fully saturated rings. The first-order valence-electron chi connectivity index (χ1n) is 5.87. The van der Waals surface area contributed by atoms with Crippen LogP contribution in [0, 0.1) is 10.1 Å². The fourth-order valence-corrected chi connectivity index (χ4v) is 2.27. The number of non-ortho nitro benzene ring substituents is 1. The van der Waals surface area contributed by atoms with Crippen molar-refractivity contribution in [3.05, 3.63) is 39.4 Å². The maximum atomic E-state index is 10.7. The highest BCUT2D eigenvalue weighted by Crippen LogP contribution is 2.26. The van der Waals surface area contributed by atoms with E-state index in [1.54, 1.807) is 12.1 Å². The van der Waals surface area contributed by atoms with Crippen LogP contribution in [0.4, 0.5) is 5.69 Å². The molecule has 0 atom stereocenters. The number of nitrogens with one attached hydrogen (secondary N) is 1. The Morgan fingerprint density at radius 2 is 2.21 bits per heavy atom. The van der Waals surface area contributed by atoms with E-state index in [0.29, 0.717) is 17.6 Å². The summed E-state index contributed by atoms with van der Waals surface area (Å²) in [6.45, 7) is 4.77. The highest BCUT2D eigenvalue weighted by Gasteiger charge is 2.11. The quantitative estimate of drug-likeness (QED) is 0.671. The third-order valence-electron chi connectivity index (χ3n) is 2.43. The topological polar surface area (TPSA) is 81.0 Å². The number of nitro groups is 1. The lowest BCUT2D eigenvalue weighted by atomic mass is 10.2. The van der Waals surface area contributed by atoms with Crippen LogP contribution in [0.25, 0.3) is 10.6 Å². The molecule has 0 radical (unpaired) electrons. The predicted octanol–water partition coefficient (Wildman–Crippen LogP) is 2.61. The Morgan fingerprint density at radius 3 is 2.89 bits per heavy atom. The van der Waals surface area contributed by atoms with E-state index in [0.717, 1.165) is 10.6 Å². The van der Waals surface area contributed by atoms with Crippen LogP contribution in [0.5, 0.6) is 0 Å². The second-order valence-electron chi connectivity index (χ2n) is 4.34. The summed E-state index contributed by atoms with van der Waals surface area (Å²) in [5, 5.41) is 23.7. The Bertz CT molecular complexity index is 583. The van der Waals surface area contributed by atoms with Gasteiger partial charge >= 0.3 is 0 Å². The fraction of sp³-hybridized carbons (Fsp3) is 0.333. The van der Waals surface area contributed by atoms with Crippen LogP contribution in [0.2, 0.25) is 0 Å². The number of rotatable bonds is 5. The molecule has 0 aliphatic rings. The summed E-state index contributed by atoms with van der Waals surface area (Å²) in [4.78, 5) is 10.3. The largest absolute Gasteiger partial charge is 0.308 e. The highest BCUT2D eigenvalue weighted by molar-refractivity contribution is 7.14. The van der Waals surface area contributed by atoms with Crippen LogP contribution in [0.3, 0.4) is 0 Å². The van der Waals surface area contributed by atoms with Crippen molar-refractivity contribution in [1.29, 1.82) is 0 Å². The maximum absolute atomic E-state index is 10.7. The first kappa shape index (κ1) is 13.6. The Hall–Kier alpha value is -1.86. The fourth-order valence-electron chi connectivity index (χ4n) is 1.49. The number of benzene rings is 1. The summed E-state index contributed by atoms with van der Waals surface area (Å²) in [7, 11) is 0. The molecule has 0 saturated heterocycles. The smallest absolute Gasteiger partial charge is 0.270 e. The molecule has 2 aromatic rings. The van der Waals surface area contributed by atoms with Gasteiger partial charge in [-0.05, 0) is 0 Å². The van der Waals surface area contributed by atoms with Crippen molar-refractivity contribution in [3.8, 4) is 10.6 Å². The molecule has 1 heterocycles. The zero-order chi connectivity index (χ0) is 13.8. The van der Waals surface area contributed by atoms with Gasteiger partial charge in [-0.3, -0.25) is 10.1 Å². The molecule has 2 rings (SSSR count). The number of nitro benzene ring substituents is 1. The lowest BCUT2D eigenvalue weighted by Gasteiger charge is -2.03. The molecule has 0 amide bonds. The summed E-state index contributed by atoms with van der Waals surface area (Å²) in [5.74, 6) is 0. The summed E-state index contributed by atoms with van der Waals surface area (Å²) in [6.07, 6.45) is 0. The number of aromatic nitrogens is 2. The number of hydrogen-bond donors (Lipinski definition) is 1. The van der Waals surface area contributed by atoms with Gasteiger partial charge in [0.2, 0.25) is 0 Å². The van der Waals surface area contributed by atoms with Gasteiger partial charge in [-0.2, -0.15) is 0 Å². The van der Waals surface area contributed by atoms with E-state index >= 15 is 0 Å². The average molecular weight is 278 g/mol. The van der Waals surface area contributed by atoms with Crippen molar-refractivity contribution in [1.82, 2.24) is 15.5 Å². The van der Waals surface area contributed by atoms with Gasteiger partial charge in [0.05, 0.1) is 4.92 Å². The molecule has 7 heteroatoms. The van der Waals surface area contributed by atoms with Crippen LogP contribution >= 0.6 is 11.3 Å². The van der Waals surface area contributed by atoms with Gasteiger partial charge in [0.25, 0.3) is 5.69 Å². The zero-order valence-electron chi connectivity index (χ0n) is 10.7. The van der Waals surface area contributed by atoms with Crippen molar-refractivity contribution in [2.45, 2.75) is 26.4 Å². The van der Waals surface area contributed by atoms with E-state index in [1.807, 2.05) is 0 Å². The van der Waals surface area contributed by atoms with Crippen LogP contribution in [0.1, 0.15) is 18.9 Å². The van der Waals surface area contributed by atoms with Crippen molar-refractivity contribution >= 4 is 17.0 Å². The summed E-state index contributed by atoms with van der Waals surface area (Å²) >= 11 is 1.44. The monoisotopic (exact) mass is 278 g/mol. The maximum Gasteiger partial charge on any atom is 0.270 e. The number of hydrogen-bond acceptors (Lipinski definition) is 6. The minimum Gasteiger partial charge on any atom is -0.308 e. The molecule has 100 valence electrons. The van der Waals surface area contributed by atoms with Crippen LogP contribution in [-0.4, -0.2) is 21.2 Å². The Labute approximate surface area is 114 Å². The van der Waals surface area contributed by atoms with E-state index in [2.05, 4.69) is 29.4 Å². The van der Waals surface area contributed by atoms with Gasteiger partial charge in [0, 0.05) is 30.3 Å². The Morgan fingerprint density at radius 1 is 1.42 bits per heavy atom. The third kappa shape index (κ3) is 3.55. The first-order valence-corrected chi connectivity index (χ1v) is 6.68. The molecule has 0 unspecified atom stereocenters. The van der Waals surface area contributed by atoms with Gasteiger partial charge in [-0.1, -0.05) is 37.3 Å². The third-order valence-corrected chi connectivity index (χ3v) is 3.40. The van der Waals surface area contributed by atoms with Crippen molar-refractivity contribution in [2.75, 3.05) is 0 Å². The lowest BCUT2D eigenvalue weighted by molar-refractivity contribution is -0.384. The zero-order valence-corrected chi connectivity index (χ0v) is 11.5. The van der Waals surface area contributed by atoms with Crippen LogP contribution in [0.15, 0.2) is 24.3 Å². The van der Waals surface area contributed by atoms with E-state index in [1.165, 1.54) is 23.5 Å².